The molecule has 204 valence electrons. The Morgan fingerprint density at radius 1 is 0.821 bits per heavy atom. The smallest absolute Gasteiger partial charge is 0.340 e. The van der Waals surface area contributed by atoms with Crippen LogP contribution >= 0.6 is 0 Å². The molecule has 0 aromatic heterocycles. The number of phenols is 2. The molecule has 2 aliphatic rings. The highest BCUT2D eigenvalue weighted by Gasteiger charge is 2.55. The maximum Gasteiger partial charge on any atom is 0.340 e. The summed E-state index contributed by atoms with van der Waals surface area (Å²) in [5, 5.41) is 20.6. The van der Waals surface area contributed by atoms with Crippen LogP contribution in [0.15, 0.2) is 54.6 Å². The van der Waals surface area contributed by atoms with Crippen LogP contribution in [-0.2, 0) is 15.1 Å². The second kappa shape index (κ2) is 11.4. The number of rotatable bonds is 11. The summed E-state index contributed by atoms with van der Waals surface area (Å²) in [4.78, 5) is 26.0. The molecular weight excluding hydrogens is 496 g/mol. The van der Waals surface area contributed by atoms with Crippen LogP contribution in [0.3, 0.4) is 0 Å². The van der Waals surface area contributed by atoms with Gasteiger partial charge in [0.2, 0.25) is 0 Å². The lowest BCUT2D eigenvalue weighted by Gasteiger charge is -2.37. The average molecular weight is 531 g/mol. The number of esters is 2. The molecule has 2 N–H and O–H groups in total. The van der Waals surface area contributed by atoms with Crippen molar-refractivity contribution in [1.29, 1.82) is 0 Å². The standard InChI is InChI=1S/C32H34O7/c1-2-3-4-5-6-7-8-9-10-15-29(35)38-28-20-22(34)19-27-30(28)32(25-17-16-21(33)18-26(25)37-27)24-14-12-11-13-23(24)31(36)39-32/h11-14,16-20,33-34H,2-10,15H2,1H3. The second-order valence-electron chi connectivity index (χ2n) is 10.3. The molecule has 1 spiro atoms. The van der Waals surface area contributed by atoms with Gasteiger partial charge < -0.3 is 24.4 Å². The molecule has 0 amide bonds. The van der Waals surface area contributed by atoms with E-state index in [0.717, 1.165) is 12.8 Å². The number of carbonyl (C=O) groups is 2. The predicted molar refractivity (Wildman–Crippen MR) is 146 cm³/mol. The summed E-state index contributed by atoms with van der Waals surface area (Å²) in [6.07, 6.45) is 10.4. The first kappa shape index (κ1) is 26.6. The molecule has 5 rings (SSSR count). The molecule has 39 heavy (non-hydrogen) atoms. The summed E-state index contributed by atoms with van der Waals surface area (Å²) in [6.45, 7) is 2.21. The Balaban J connectivity index is 1.40. The van der Waals surface area contributed by atoms with E-state index in [1.807, 2.05) is 0 Å². The first-order chi connectivity index (χ1) is 18.9. The van der Waals surface area contributed by atoms with E-state index >= 15 is 0 Å². The molecule has 1 unspecified atom stereocenters. The minimum atomic E-state index is -1.48. The molecule has 2 heterocycles. The third kappa shape index (κ3) is 5.18. The van der Waals surface area contributed by atoms with Gasteiger partial charge in [-0.05, 0) is 24.6 Å². The van der Waals surface area contributed by atoms with E-state index in [2.05, 4.69) is 6.92 Å². The highest BCUT2D eigenvalue weighted by Crippen LogP contribution is 2.59. The van der Waals surface area contributed by atoms with Gasteiger partial charge in [0, 0.05) is 35.7 Å². The van der Waals surface area contributed by atoms with Crippen LogP contribution in [0.1, 0.15) is 98.2 Å². The number of hydrogen-bond donors (Lipinski definition) is 2. The Morgan fingerprint density at radius 3 is 2.28 bits per heavy atom. The van der Waals surface area contributed by atoms with Gasteiger partial charge in [-0.3, -0.25) is 4.79 Å². The number of benzene rings is 3. The quantitative estimate of drug-likeness (QED) is 0.150. The third-order valence-corrected chi connectivity index (χ3v) is 7.45. The lowest BCUT2D eigenvalue weighted by molar-refractivity contribution is -0.134. The number of fused-ring (bicyclic) bond motifs is 6. The van der Waals surface area contributed by atoms with Crippen molar-refractivity contribution < 1.29 is 34.0 Å². The molecule has 1 atom stereocenters. The maximum absolute atomic E-state index is 13.1. The van der Waals surface area contributed by atoms with Crippen molar-refractivity contribution in [3.05, 3.63) is 76.9 Å². The van der Waals surface area contributed by atoms with Gasteiger partial charge in [-0.15, -0.1) is 0 Å². The van der Waals surface area contributed by atoms with Crippen molar-refractivity contribution in [1.82, 2.24) is 0 Å². The summed E-state index contributed by atoms with van der Waals surface area (Å²) in [5.74, 6) is -0.663. The van der Waals surface area contributed by atoms with Crippen LogP contribution in [0, 0.1) is 0 Å². The van der Waals surface area contributed by atoms with Crippen LogP contribution in [-0.4, -0.2) is 22.2 Å². The summed E-state index contributed by atoms with van der Waals surface area (Å²) in [7, 11) is 0. The van der Waals surface area contributed by atoms with Gasteiger partial charge in [-0.25, -0.2) is 4.79 Å². The molecule has 0 aliphatic carbocycles. The summed E-state index contributed by atoms with van der Waals surface area (Å²) in [6, 6.07) is 14.3. The van der Waals surface area contributed by atoms with Gasteiger partial charge in [0.1, 0.15) is 28.7 Å². The zero-order valence-electron chi connectivity index (χ0n) is 22.2. The van der Waals surface area contributed by atoms with Crippen LogP contribution < -0.4 is 9.47 Å². The maximum atomic E-state index is 13.1. The van der Waals surface area contributed by atoms with E-state index in [0.29, 0.717) is 28.7 Å². The summed E-state index contributed by atoms with van der Waals surface area (Å²) in [5.41, 5.74) is 0.258. The number of phenolic OH excluding ortho intramolecular Hbond substituents is 2. The highest BCUT2D eigenvalue weighted by atomic mass is 16.6. The number of hydrogen-bond acceptors (Lipinski definition) is 7. The molecule has 3 aromatic carbocycles. The van der Waals surface area contributed by atoms with Crippen molar-refractivity contribution in [3.8, 4) is 28.7 Å². The van der Waals surface area contributed by atoms with Crippen molar-refractivity contribution in [3.63, 3.8) is 0 Å². The molecule has 0 fully saturated rings. The molecule has 3 aromatic rings. The Hall–Kier alpha value is -4.00. The Labute approximate surface area is 228 Å². The fraction of sp³-hybridized carbons (Fsp3) is 0.375. The molecule has 0 saturated carbocycles. The number of ether oxygens (including phenoxy) is 3. The zero-order valence-corrected chi connectivity index (χ0v) is 22.2. The van der Waals surface area contributed by atoms with E-state index < -0.39 is 17.5 Å². The van der Waals surface area contributed by atoms with E-state index in [1.54, 1.807) is 30.3 Å². The SMILES string of the molecule is CCCCCCCCCCCC(=O)Oc1cc(O)cc2c1C1(OC(=O)c3ccccc31)c1ccc(O)cc1O2. The number of carbonyl (C=O) groups excluding carboxylic acids is 2. The molecule has 0 bridgehead atoms. The molecule has 0 saturated heterocycles. The molecular formula is C32H34O7. The Kier molecular flexibility index (Phi) is 7.77. The van der Waals surface area contributed by atoms with E-state index in [-0.39, 0.29) is 35.2 Å². The van der Waals surface area contributed by atoms with E-state index in [1.165, 1.54) is 62.8 Å². The first-order valence-electron chi connectivity index (χ1n) is 13.9. The normalized spacial score (nSPS) is 16.7. The van der Waals surface area contributed by atoms with Gasteiger partial charge in [0.25, 0.3) is 0 Å². The molecule has 7 heteroatoms. The van der Waals surface area contributed by atoms with Crippen LogP contribution in [0.5, 0.6) is 28.7 Å². The van der Waals surface area contributed by atoms with Gasteiger partial charge in [0.05, 0.1) is 11.1 Å². The van der Waals surface area contributed by atoms with Crippen LogP contribution in [0.25, 0.3) is 0 Å². The fourth-order valence-electron chi connectivity index (χ4n) is 5.58. The van der Waals surface area contributed by atoms with Crippen LogP contribution in [0.4, 0.5) is 0 Å². The summed E-state index contributed by atoms with van der Waals surface area (Å²) < 4.78 is 18.0. The largest absolute Gasteiger partial charge is 0.508 e. The van der Waals surface area contributed by atoms with Gasteiger partial charge >= 0.3 is 11.9 Å². The minimum Gasteiger partial charge on any atom is -0.508 e. The number of aromatic hydroxyl groups is 2. The third-order valence-electron chi connectivity index (χ3n) is 7.45. The van der Waals surface area contributed by atoms with Crippen molar-refractivity contribution in [2.24, 2.45) is 0 Å². The highest BCUT2D eigenvalue weighted by molar-refractivity contribution is 5.97. The van der Waals surface area contributed by atoms with E-state index in [9.17, 15) is 19.8 Å². The zero-order chi connectivity index (χ0) is 27.4. The van der Waals surface area contributed by atoms with Gasteiger partial charge in [-0.2, -0.15) is 0 Å². The van der Waals surface area contributed by atoms with Gasteiger partial charge in [-0.1, -0.05) is 76.5 Å². The first-order valence-corrected chi connectivity index (χ1v) is 13.9. The molecule has 0 radical (unpaired) electrons. The molecule has 7 nitrogen and oxygen atoms in total. The topological polar surface area (TPSA) is 102 Å². The van der Waals surface area contributed by atoms with Crippen molar-refractivity contribution in [2.45, 2.75) is 76.7 Å². The van der Waals surface area contributed by atoms with E-state index in [4.69, 9.17) is 14.2 Å². The second-order valence-corrected chi connectivity index (χ2v) is 10.3. The fourth-order valence-corrected chi connectivity index (χ4v) is 5.58. The summed E-state index contributed by atoms with van der Waals surface area (Å²) >= 11 is 0. The van der Waals surface area contributed by atoms with Crippen LogP contribution in [0.2, 0.25) is 0 Å². The molecule has 2 aliphatic heterocycles. The Bertz CT molecular complexity index is 1380. The lowest BCUT2D eigenvalue weighted by atomic mass is 9.77. The number of unbranched alkanes of at least 4 members (excludes halogenated alkanes) is 8. The Morgan fingerprint density at radius 2 is 1.51 bits per heavy atom. The van der Waals surface area contributed by atoms with Crippen molar-refractivity contribution >= 4 is 11.9 Å². The van der Waals surface area contributed by atoms with Crippen molar-refractivity contribution in [2.75, 3.05) is 0 Å². The minimum absolute atomic E-state index is 0.0299. The predicted octanol–water partition coefficient (Wildman–Crippen LogP) is 7.49. The monoisotopic (exact) mass is 530 g/mol. The van der Waals surface area contributed by atoms with Gasteiger partial charge in [0.15, 0.2) is 5.60 Å². The lowest BCUT2D eigenvalue weighted by Crippen LogP contribution is -2.34. The average Bonchev–Trinajstić information content (AvgIpc) is 3.19.